The minimum atomic E-state index is -0.315. The number of benzene rings is 1. The molecule has 1 atom stereocenters. The van der Waals surface area contributed by atoms with E-state index in [1.165, 1.54) is 6.07 Å². The number of hydrogen-bond acceptors (Lipinski definition) is 4. The molecule has 1 amide bonds. The Labute approximate surface area is 160 Å². The molecule has 1 aromatic carbocycles. The van der Waals surface area contributed by atoms with Crippen LogP contribution in [0.25, 0.3) is 0 Å². The zero-order chi connectivity index (χ0) is 18.9. The van der Waals surface area contributed by atoms with E-state index >= 15 is 0 Å². The molecule has 0 bridgehead atoms. The maximum absolute atomic E-state index is 13.8. The topological polar surface area (TPSA) is 42.0 Å². The summed E-state index contributed by atoms with van der Waals surface area (Å²) in [6.07, 6.45) is 3.29. The van der Waals surface area contributed by atoms with Crippen LogP contribution >= 0.6 is 0 Å². The molecule has 6 heteroatoms. The van der Waals surface area contributed by atoms with Crippen molar-refractivity contribution in [1.82, 2.24) is 9.80 Å². The number of hydrogen-bond donors (Lipinski definition) is 0. The molecule has 3 fully saturated rings. The van der Waals surface area contributed by atoms with E-state index < -0.39 is 0 Å². The lowest BCUT2D eigenvalue weighted by atomic mass is 9.76. The van der Waals surface area contributed by atoms with Crippen molar-refractivity contribution < 1.29 is 18.7 Å². The predicted octanol–water partition coefficient (Wildman–Crippen LogP) is 2.48. The summed E-state index contributed by atoms with van der Waals surface area (Å²) in [7, 11) is 0. The molecule has 0 N–H and O–H groups in total. The van der Waals surface area contributed by atoms with E-state index in [1.807, 2.05) is 4.90 Å². The molecule has 4 rings (SSSR count). The lowest BCUT2D eigenvalue weighted by molar-refractivity contribution is 0.00524. The summed E-state index contributed by atoms with van der Waals surface area (Å²) in [5.41, 5.74) is 1.21. The summed E-state index contributed by atoms with van der Waals surface area (Å²) in [5.74, 6) is -0.378. The first-order chi connectivity index (χ1) is 13.0. The van der Waals surface area contributed by atoms with Gasteiger partial charge in [-0.05, 0) is 49.3 Å². The van der Waals surface area contributed by atoms with Gasteiger partial charge in [-0.1, -0.05) is 6.07 Å². The molecular formula is C21H29FN2O3. The maximum atomic E-state index is 13.8. The lowest BCUT2D eigenvalue weighted by Crippen LogP contribution is -2.44. The lowest BCUT2D eigenvalue weighted by Gasteiger charge is -2.38. The number of halogens is 1. The van der Waals surface area contributed by atoms with Gasteiger partial charge in [0, 0.05) is 38.3 Å². The van der Waals surface area contributed by atoms with Gasteiger partial charge in [-0.15, -0.1) is 0 Å². The Balaban J connectivity index is 1.30. The van der Waals surface area contributed by atoms with Gasteiger partial charge in [0.1, 0.15) is 5.82 Å². The van der Waals surface area contributed by atoms with Crippen molar-refractivity contribution in [2.45, 2.75) is 32.3 Å². The van der Waals surface area contributed by atoms with E-state index in [2.05, 4.69) is 4.90 Å². The van der Waals surface area contributed by atoms with E-state index in [0.29, 0.717) is 11.1 Å². The zero-order valence-electron chi connectivity index (χ0n) is 16.1. The second kappa shape index (κ2) is 7.86. The maximum Gasteiger partial charge on any atom is 0.253 e. The molecule has 0 saturated carbocycles. The van der Waals surface area contributed by atoms with E-state index in [-0.39, 0.29) is 23.2 Å². The molecule has 148 valence electrons. The second-order valence-electron chi connectivity index (χ2n) is 8.31. The number of morpholine rings is 1. The molecule has 1 spiro atoms. The van der Waals surface area contributed by atoms with Gasteiger partial charge in [-0.25, -0.2) is 4.39 Å². The molecule has 27 heavy (non-hydrogen) atoms. The Hall–Kier alpha value is -1.50. The molecule has 1 aromatic rings. The highest BCUT2D eigenvalue weighted by atomic mass is 19.1. The minimum absolute atomic E-state index is 0.0625. The van der Waals surface area contributed by atoms with Crippen molar-refractivity contribution in [3.05, 3.63) is 35.1 Å². The van der Waals surface area contributed by atoms with Gasteiger partial charge >= 0.3 is 0 Å². The number of carbonyl (C=O) groups excluding carboxylic acids is 1. The first kappa shape index (κ1) is 18.8. The van der Waals surface area contributed by atoms with Crippen molar-refractivity contribution in [3.8, 4) is 0 Å². The van der Waals surface area contributed by atoms with Crippen molar-refractivity contribution >= 4 is 5.91 Å². The van der Waals surface area contributed by atoms with Crippen LogP contribution in [0, 0.1) is 18.2 Å². The summed E-state index contributed by atoms with van der Waals surface area (Å²) in [6, 6.07) is 4.76. The summed E-state index contributed by atoms with van der Waals surface area (Å²) >= 11 is 0. The first-order valence-electron chi connectivity index (χ1n) is 10.0. The van der Waals surface area contributed by atoms with E-state index in [1.54, 1.807) is 19.1 Å². The standard InChI is InChI=1S/C21H29FN2O3/c1-16-2-3-17(12-19(16)22)20(25)24-6-4-21(5-7-24)13-18(27-15-21)14-23-8-10-26-11-9-23/h2-3,12,18H,4-11,13-15H2,1H3/t18-/m1/s1. The highest BCUT2D eigenvalue weighted by molar-refractivity contribution is 5.94. The number of nitrogens with zero attached hydrogens (tertiary/aromatic N) is 2. The predicted molar refractivity (Wildman–Crippen MR) is 100 cm³/mol. The third-order valence-corrected chi connectivity index (χ3v) is 6.38. The molecule has 0 aromatic heterocycles. The molecule has 0 unspecified atom stereocenters. The van der Waals surface area contributed by atoms with Crippen LogP contribution in [0.1, 0.15) is 35.2 Å². The van der Waals surface area contributed by atoms with Crippen molar-refractivity contribution in [2.24, 2.45) is 5.41 Å². The van der Waals surface area contributed by atoms with Gasteiger partial charge in [0.25, 0.3) is 5.91 Å². The monoisotopic (exact) mass is 376 g/mol. The highest BCUT2D eigenvalue weighted by Crippen LogP contribution is 2.42. The van der Waals surface area contributed by atoms with E-state index in [0.717, 1.165) is 71.8 Å². The Bertz CT molecular complexity index is 682. The van der Waals surface area contributed by atoms with E-state index in [9.17, 15) is 9.18 Å². The van der Waals surface area contributed by atoms with Gasteiger partial charge in [0.05, 0.1) is 25.9 Å². The molecule has 5 nitrogen and oxygen atoms in total. The van der Waals surface area contributed by atoms with Crippen molar-refractivity contribution in [1.29, 1.82) is 0 Å². The average molecular weight is 376 g/mol. The number of amides is 1. The van der Waals surface area contributed by atoms with Gasteiger partial charge in [-0.2, -0.15) is 0 Å². The van der Waals surface area contributed by atoms with Crippen LogP contribution in [0.2, 0.25) is 0 Å². The van der Waals surface area contributed by atoms with Gasteiger partial charge in [0.2, 0.25) is 0 Å². The molecule has 3 heterocycles. The number of aryl methyl sites for hydroxylation is 1. The van der Waals surface area contributed by atoms with Crippen LogP contribution in [-0.4, -0.2) is 74.4 Å². The molecular weight excluding hydrogens is 347 g/mol. The Morgan fingerprint density at radius 1 is 1.22 bits per heavy atom. The van der Waals surface area contributed by atoms with Crippen molar-refractivity contribution in [3.63, 3.8) is 0 Å². The van der Waals surface area contributed by atoms with Gasteiger partial charge in [0.15, 0.2) is 0 Å². The number of likely N-dealkylation sites (tertiary alicyclic amines) is 1. The van der Waals surface area contributed by atoms with Crippen LogP contribution in [0.15, 0.2) is 18.2 Å². The smallest absolute Gasteiger partial charge is 0.253 e. The normalized spacial score (nSPS) is 25.9. The Morgan fingerprint density at radius 2 is 1.96 bits per heavy atom. The largest absolute Gasteiger partial charge is 0.379 e. The Kier molecular flexibility index (Phi) is 5.48. The fraction of sp³-hybridized carbons (Fsp3) is 0.667. The van der Waals surface area contributed by atoms with Crippen LogP contribution < -0.4 is 0 Å². The minimum Gasteiger partial charge on any atom is -0.379 e. The molecule has 3 saturated heterocycles. The van der Waals surface area contributed by atoms with Crippen LogP contribution in [-0.2, 0) is 9.47 Å². The quantitative estimate of drug-likeness (QED) is 0.813. The number of rotatable bonds is 3. The van der Waals surface area contributed by atoms with Gasteiger partial charge in [-0.3, -0.25) is 9.69 Å². The summed E-state index contributed by atoms with van der Waals surface area (Å²) in [4.78, 5) is 17.0. The van der Waals surface area contributed by atoms with Crippen molar-refractivity contribution in [2.75, 3.05) is 52.5 Å². The number of ether oxygens (including phenoxy) is 2. The third kappa shape index (κ3) is 4.18. The number of piperidine rings is 1. The summed E-state index contributed by atoms with van der Waals surface area (Å²) < 4.78 is 25.3. The second-order valence-corrected chi connectivity index (χ2v) is 8.31. The average Bonchev–Trinajstić information content (AvgIpc) is 3.07. The number of carbonyl (C=O) groups is 1. The molecule has 0 aliphatic carbocycles. The SMILES string of the molecule is Cc1ccc(C(=O)N2CCC3(CC2)CO[C@@H](CN2CCOCC2)C3)cc1F. The zero-order valence-corrected chi connectivity index (χ0v) is 16.1. The third-order valence-electron chi connectivity index (χ3n) is 6.38. The Morgan fingerprint density at radius 3 is 2.67 bits per heavy atom. The van der Waals surface area contributed by atoms with Crippen LogP contribution in [0.4, 0.5) is 4.39 Å². The molecule has 3 aliphatic rings. The van der Waals surface area contributed by atoms with Gasteiger partial charge < -0.3 is 14.4 Å². The van der Waals surface area contributed by atoms with E-state index in [4.69, 9.17) is 9.47 Å². The first-order valence-corrected chi connectivity index (χ1v) is 10.0. The molecule has 0 radical (unpaired) electrons. The fourth-order valence-electron chi connectivity index (χ4n) is 4.53. The molecule has 3 aliphatic heterocycles. The fourth-order valence-corrected chi connectivity index (χ4v) is 4.53. The summed E-state index contributed by atoms with van der Waals surface area (Å²) in [6.45, 7) is 8.54. The highest BCUT2D eigenvalue weighted by Gasteiger charge is 2.43. The van der Waals surface area contributed by atoms with Crippen LogP contribution in [0.3, 0.4) is 0 Å². The van der Waals surface area contributed by atoms with Crippen LogP contribution in [0.5, 0.6) is 0 Å². The summed E-state index contributed by atoms with van der Waals surface area (Å²) in [5, 5.41) is 0.